The summed E-state index contributed by atoms with van der Waals surface area (Å²) in [6.07, 6.45) is 1.82. The van der Waals surface area contributed by atoms with E-state index in [1.807, 2.05) is 12.1 Å². The number of hydrogen-bond acceptors (Lipinski definition) is 4. The maximum absolute atomic E-state index is 12.6. The van der Waals surface area contributed by atoms with E-state index in [4.69, 9.17) is 9.47 Å². The molecule has 2 bridgehead atoms. The number of para-hydroxylation sites is 2. The largest absolute Gasteiger partial charge is 0.495 e. The molecule has 5 nitrogen and oxygen atoms in total. The molecule has 3 aliphatic rings. The number of methoxy groups -OCH3 is 1. The van der Waals surface area contributed by atoms with E-state index in [2.05, 4.69) is 5.32 Å². The minimum absolute atomic E-state index is 0.0582. The van der Waals surface area contributed by atoms with Crippen LogP contribution in [0.5, 0.6) is 5.75 Å². The molecule has 1 heterocycles. The molecule has 4 rings (SSSR count). The van der Waals surface area contributed by atoms with Crippen molar-refractivity contribution in [2.45, 2.75) is 18.9 Å². The Kier molecular flexibility index (Phi) is 2.71. The molecule has 5 atom stereocenters. The third kappa shape index (κ3) is 1.76. The molecule has 1 aliphatic heterocycles. The fraction of sp³-hybridized carbons (Fsp3) is 0.500. The number of carbonyl (C=O) groups excluding carboxylic acids is 2. The molecule has 0 unspecified atom stereocenters. The highest BCUT2D eigenvalue weighted by molar-refractivity contribution is 5.97. The number of rotatable bonds is 3. The molecular formula is C16H17NO4. The number of carbonyl (C=O) groups is 2. The van der Waals surface area contributed by atoms with Gasteiger partial charge in [-0.2, -0.15) is 0 Å². The standard InChI is InChI=1S/C16H17NO4/c1-20-11-5-3-2-4-10(11)17-15(18)13-8-6-9-12(7-8)21-16(19)14(9)13/h2-5,8-9,12-14H,6-7H2,1H3,(H,17,18)/t8-,9-,12-,13-,14+/m1/s1. The van der Waals surface area contributed by atoms with Crippen molar-refractivity contribution in [2.75, 3.05) is 12.4 Å². The van der Waals surface area contributed by atoms with E-state index in [-0.39, 0.29) is 41.7 Å². The fourth-order valence-corrected chi connectivity index (χ4v) is 4.33. The van der Waals surface area contributed by atoms with Crippen LogP contribution in [0, 0.1) is 23.7 Å². The minimum Gasteiger partial charge on any atom is -0.495 e. The predicted octanol–water partition coefficient (Wildman–Crippen LogP) is 1.83. The van der Waals surface area contributed by atoms with Gasteiger partial charge in [-0.15, -0.1) is 0 Å². The third-order valence-electron chi connectivity index (χ3n) is 5.15. The third-order valence-corrected chi connectivity index (χ3v) is 5.15. The van der Waals surface area contributed by atoms with E-state index in [1.54, 1.807) is 19.2 Å². The zero-order chi connectivity index (χ0) is 14.6. The van der Waals surface area contributed by atoms with Crippen LogP contribution in [-0.4, -0.2) is 25.1 Å². The van der Waals surface area contributed by atoms with Gasteiger partial charge in [0.1, 0.15) is 11.9 Å². The lowest BCUT2D eigenvalue weighted by atomic mass is 9.79. The van der Waals surface area contributed by atoms with Gasteiger partial charge in [0.2, 0.25) is 5.91 Å². The van der Waals surface area contributed by atoms with E-state index in [0.29, 0.717) is 11.4 Å². The van der Waals surface area contributed by atoms with Gasteiger partial charge in [-0.25, -0.2) is 0 Å². The summed E-state index contributed by atoms with van der Waals surface area (Å²) in [6, 6.07) is 7.31. The quantitative estimate of drug-likeness (QED) is 0.861. The van der Waals surface area contributed by atoms with Crippen LogP contribution in [0.25, 0.3) is 0 Å². The molecule has 21 heavy (non-hydrogen) atoms. The zero-order valence-electron chi connectivity index (χ0n) is 11.7. The Bertz CT molecular complexity index is 612. The number of amides is 1. The molecule has 1 amide bonds. The molecule has 1 N–H and O–H groups in total. The minimum atomic E-state index is -0.258. The van der Waals surface area contributed by atoms with Crippen molar-refractivity contribution < 1.29 is 19.1 Å². The molecule has 2 saturated carbocycles. The highest BCUT2D eigenvalue weighted by Gasteiger charge is 2.63. The van der Waals surface area contributed by atoms with Crippen LogP contribution in [0.1, 0.15) is 12.8 Å². The lowest BCUT2D eigenvalue weighted by molar-refractivity contribution is -0.145. The number of ether oxygens (including phenoxy) is 2. The monoisotopic (exact) mass is 287 g/mol. The summed E-state index contributed by atoms with van der Waals surface area (Å²) < 4.78 is 10.6. The highest BCUT2D eigenvalue weighted by atomic mass is 16.6. The predicted molar refractivity (Wildman–Crippen MR) is 74.7 cm³/mol. The van der Waals surface area contributed by atoms with Crippen molar-refractivity contribution in [2.24, 2.45) is 23.7 Å². The van der Waals surface area contributed by atoms with Crippen LogP contribution in [0.4, 0.5) is 5.69 Å². The first-order valence-electron chi connectivity index (χ1n) is 7.33. The van der Waals surface area contributed by atoms with Crippen molar-refractivity contribution in [3.05, 3.63) is 24.3 Å². The Labute approximate surface area is 122 Å². The molecule has 5 heteroatoms. The Hall–Kier alpha value is -2.04. The molecule has 1 aromatic rings. The number of anilines is 1. The summed E-state index contributed by atoms with van der Waals surface area (Å²) >= 11 is 0. The SMILES string of the molecule is COc1ccccc1NC(=O)[C@@H]1[C@@H]2C[C@H]3[C@@H]1C(=O)O[C@@H]3C2. The lowest BCUT2D eigenvalue weighted by Crippen LogP contribution is -2.35. The number of nitrogens with one attached hydrogen (secondary N) is 1. The Morgan fingerprint density at radius 3 is 2.95 bits per heavy atom. The first-order valence-corrected chi connectivity index (χ1v) is 7.33. The second-order valence-corrected chi connectivity index (χ2v) is 6.11. The van der Waals surface area contributed by atoms with Crippen molar-refractivity contribution >= 4 is 17.6 Å². The molecule has 110 valence electrons. The van der Waals surface area contributed by atoms with E-state index in [0.717, 1.165) is 12.8 Å². The van der Waals surface area contributed by atoms with Crippen LogP contribution in [0.2, 0.25) is 0 Å². The van der Waals surface area contributed by atoms with Gasteiger partial charge in [0.05, 0.1) is 24.6 Å². The normalized spacial score (nSPS) is 35.7. The van der Waals surface area contributed by atoms with Gasteiger partial charge in [-0.05, 0) is 30.9 Å². The van der Waals surface area contributed by atoms with Crippen LogP contribution in [0.3, 0.4) is 0 Å². The highest BCUT2D eigenvalue weighted by Crippen LogP contribution is 2.57. The molecule has 0 radical (unpaired) electrons. The summed E-state index contributed by atoms with van der Waals surface area (Å²) in [5, 5.41) is 2.92. The van der Waals surface area contributed by atoms with E-state index >= 15 is 0 Å². The van der Waals surface area contributed by atoms with Gasteiger partial charge in [0.25, 0.3) is 0 Å². The van der Waals surface area contributed by atoms with Crippen LogP contribution >= 0.6 is 0 Å². The van der Waals surface area contributed by atoms with Gasteiger partial charge < -0.3 is 14.8 Å². The van der Waals surface area contributed by atoms with E-state index < -0.39 is 0 Å². The molecule has 1 aromatic carbocycles. The van der Waals surface area contributed by atoms with Gasteiger partial charge in [0.15, 0.2) is 0 Å². The first kappa shape index (κ1) is 12.7. The topological polar surface area (TPSA) is 64.6 Å². The number of benzene rings is 1. The van der Waals surface area contributed by atoms with Crippen LogP contribution in [0.15, 0.2) is 24.3 Å². The zero-order valence-corrected chi connectivity index (χ0v) is 11.7. The Morgan fingerprint density at radius 2 is 2.14 bits per heavy atom. The number of hydrogen-bond donors (Lipinski definition) is 1. The second-order valence-electron chi connectivity index (χ2n) is 6.11. The summed E-state index contributed by atoms with van der Waals surface area (Å²) in [6.45, 7) is 0. The van der Waals surface area contributed by atoms with Crippen molar-refractivity contribution in [1.82, 2.24) is 0 Å². The maximum atomic E-state index is 12.6. The average molecular weight is 287 g/mol. The Morgan fingerprint density at radius 1 is 1.33 bits per heavy atom. The Balaban J connectivity index is 1.57. The molecule has 3 fully saturated rings. The molecule has 0 aromatic heterocycles. The summed E-state index contributed by atoms with van der Waals surface area (Å²) in [7, 11) is 1.57. The van der Waals surface area contributed by atoms with E-state index in [1.165, 1.54) is 0 Å². The van der Waals surface area contributed by atoms with Crippen molar-refractivity contribution in [1.29, 1.82) is 0 Å². The molecule has 2 aliphatic carbocycles. The lowest BCUT2D eigenvalue weighted by Gasteiger charge is -2.23. The van der Waals surface area contributed by atoms with Crippen LogP contribution in [-0.2, 0) is 14.3 Å². The summed E-state index contributed by atoms with van der Waals surface area (Å²) in [5.74, 6) is 0.358. The number of esters is 1. The van der Waals surface area contributed by atoms with Gasteiger partial charge >= 0.3 is 5.97 Å². The van der Waals surface area contributed by atoms with Crippen molar-refractivity contribution in [3.63, 3.8) is 0 Å². The fourth-order valence-electron chi connectivity index (χ4n) is 4.33. The molecule has 1 saturated heterocycles. The van der Waals surface area contributed by atoms with Crippen molar-refractivity contribution in [3.8, 4) is 5.75 Å². The van der Waals surface area contributed by atoms with E-state index in [9.17, 15) is 9.59 Å². The first-order chi connectivity index (χ1) is 10.2. The summed E-state index contributed by atoms with van der Waals surface area (Å²) in [4.78, 5) is 24.6. The van der Waals surface area contributed by atoms with Gasteiger partial charge in [-0.1, -0.05) is 12.1 Å². The molecule has 0 spiro atoms. The van der Waals surface area contributed by atoms with Gasteiger partial charge in [0, 0.05) is 5.92 Å². The average Bonchev–Trinajstić information content (AvgIpc) is 3.09. The molecular weight excluding hydrogens is 270 g/mol. The second kappa shape index (κ2) is 4.48. The van der Waals surface area contributed by atoms with Crippen LogP contribution < -0.4 is 10.1 Å². The van der Waals surface area contributed by atoms with Gasteiger partial charge in [-0.3, -0.25) is 9.59 Å². The number of fused-ring (bicyclic) bond motifs is 1. The smallest absolute Gasteiger partial charge is 0.310 e. The summed E-state index contributed by atoms with van der Waals surface area (Å²) in [5.41, 5.74) is 0.649. The maximum Gasteiger partial charge on any atom is 0.310 e.